The summed E-state index contributed by atoms with van der Waals surface area (Å²) in [4.78, 5) is 40.5. The molecule has 3 rings (SSSR count). The van der Waals surface area contributed by atoms with Crippen molar-refractivity contribution in [1.29, 1.82) is 0 Å². The lowest BCUT2D eigenvalue weighted by Crippen LogP contribution is -2.39. The monoisotopic (exact) mass is 413 g/mol. The van der Waals surface area contributed by atoms with Crippen LogP contribution >= 0.6 is 0 Å². The third-order valence-electron chi connectivity index (χ3n) is 6.66. The van der Waals surface area contributed by atoms with Gasteiger partial charge < -0.3 is 10.3 Å². The van der Waals surface area contributed by atoms with E-state index in [-0.39, 0.29) is 29.0 Å². The molecular weight excluding hydrogens is 378 g/mol. The second-order valence-electron chi connectivity index (χ2n) is 8.77. The van der Waals surface area contributed by atoms with Crippen molar-refractivity contribution in [3.8, 4) is 0 Å². The molecule has 0 radical (unpaired) electrons. The third-order valence-corrected chi connectivity index (χ3v) is 6.66. The van der Waals surface area contributed by atoms with E-state index in [1.54, 1.807) is 18.2 Å². The van der Waals surface area contributed by atoms with E-state index in [2.05, 4.69) is 24.1 Å². The maximum Gasteiger partial charge on any atom is 0.328 e. The van der Waals surface area contributed by atoms with Crippen molar-refractivity contribution in [2.75, 3.05) is 6.54 Å². The summed E-state index contributed by atoms with van der Waals surface area (Å²) >= 11 is 0. The zero-order valence-corrected chi connectivity index (χ0v) is 18.3. The second kappa shape index (κ2) is 10.6. The van der Waals surface area contributed by atoms with Crippen LogP contribution in [0.5, 0.6) is 0 Å². The van der Waals surface area contributed by atoms with Crippen LogP contribution in [-0.4, -0.2) is 22.0 Å². The lowest BCUT2D eigenvalue weighted by molar-refractivity contribution is -0.126. The predicted molar refractivity (Wildman–Crippen MR) is 121 cm³/mol. The quantitative estimate of drug-likeness (QED) is 0.655. The Morgan fingerprint density at radius 1 is 1.17 bits per heavy atom. The number of rotatable bonds is 9. The van der Waals surface area contributed by atoms with E-state index in [0.717, 1.165) is 38.6 Å². The minimum atomic E-state index is -0.351. The van der Waals surface area contributed by atoms with Crippen LogP contribution in [0.4, 0.5) is 0 Å². The first-order valence-corrected chi connectivity index (χ1v) is 11.5. The molecule has 1 heterocycles. The first-order chi connectivity index (χ1) is 14.5. The summed E-state index contributed by atoms with van der Waals surface area (Å²) in [5, 5.41) is 3.71. The molecule has 1 aliphatic carbocycles. The molecule has 164 valence electrons. The van der Waals surface area contributed by atoms with Crippen molar-refractivity contribution in [2.24, 2.45) is 17.8 Å². The normalized spacial score (nSPS) is 20.2. The van der Waals surface area contributed by atoms with Gasteiger partial charge in [0.25, 0.3) is 5.56 Å². The number of H-pyrrole nitrogens is 1. The van der Waals surface area contributed by atoms with Gasteiger partial charge in [0.05, 0.1) is 10.9 Å². The van der Waals surface area contributed by atoms with E-state index in [1.807, 2.05) is 6.07 Å². The van der Waals surface area contributed by atoms with Crippen LogP contribution in [0.1, 0.15) is 65.2 Å². The number of hydrogen-bond donors (Lipinski definition) is 2. The van der Waals surface area contributed by atoms with E-state index in [4.69, 9.17) is 0 Å². The SMILES string of the molecule is CCCC[C@@H](CC)CNC(=O)C1CCC(Cn2c(=O)[nH]c3ccccc3c2=O)CC1. The van der Waals surface area contributed by atoms with Crippen molar-refractivity contribution in [3.05, 3.63) is 45.1 Å². The summed E-state index contributed by atoms with van der Waals surface area (Å²) in [6, 6.07) is 7.11. The van der Waals surface area contributed by atoms with Crippen molar-refractivity contribution >= 4 is 16.8 Å². The average Bonchev–Trinajstić information content (AvgIpc) is 2.77. The van der Waals surface area contributed by atoms with Gasteiger partial charge in [-0.1, -0.05) is 45.2 Å². The number of para-hydroxylation sites is 1. The molecule has 2 N–H and O–H groups in total. The molecular formula is C24H35N3O3. The molecule has 0 bridgehead atoms. The zero-order chi connectivity index (χ0) is 21.5. The highest BCUT2D eigenvalue weighted by molar-refractivity contribution is 5.78. The molecule has 1 fully saturated rings. The first-order valence-electron chi connectivity index (χ1n) is 11.5. The van der Waals surface area contributed by atoms with Gasteiger partial charge in [-0.15, -0.1) is 0 Å². The average molecular weight is 414 g/mol. The Labute approximate surface area is 178 Å². The molecule has 30 heavy (non-hydrogen) atoms. The number of aromatic nitrogens is 2. The third kappa shape index (κ3) is 5.41. The summed E-state index contributed by atoms with van der Waals surface area (Å²) in [5.74, 6) is 1.04. The van der Waals surface area contributed by atoms with Crippen LogP contribution in [0.25, 0.3) is 10.9 Å². The Morgan fingerprint density at radius 2 is 1.90 bits per heavy atom. The number of nitrogens with one attached hydrogen (secondary N) is 2. The number of nitrogens with zero attached hydrogens (tertiary/aromatic N) is 1. The van der Waals surface area contributed by atoms with Crippen molar-refractivity contribution in [2.45, 2.75) is 71.8 Å². The molecule has 2 aromatic rings. The van der Waals surface area contributed by atoms with E-state index < -0.39 is 0 Å². The number of aromatic amines is 1. The number of carbonyl (C=O) groups excluding carboxylic acids is 1. The Morgan fingerprint density at radius 3 is 2.60 bits per heavy atom. The molecule has 6 nitrogen and oxygen atoms in total. The predicted octanol–water partition coefficient (Wildman–Crippen LogP) is 3.83. The van der Waals surface area contributed by atoms with Crippen LogP contribution < -0.4 is 16.6 Å². The highest BCUT2D eigenvalue weighted by Crippen LogP contribution is 2.29. The zero-order valence-electron chi connectivity index (χ0n) is 18.3. The van der Waals surface area contributed by atoms with Crippen LogP contribution in [0.2, 0.25) is 0 Å². The molecule has 0 aliphatic heterocycles. The number of amides is 1. The van der Waals surface area contributed by atoms with Crippen LogP contribution in [0.15, 0.2) is 33.9 Å². The molecule has 1 aromatic carbocycles. The van der Waals surface area contributed by atoms with Gasteiger partial charge in [-0.2, -0.15) is 0 Å². The summed E-state index contributed by atoms with van der Waals surface area (Å²) in [7, 11) is 0. The van der Waals surface area contributed by atoms with E-state index in [9.17, 15) is 14.4 Å². The lowest BCUT2D eigenvalue weighted by Gasteiger charge is -2.28. The topological polar surface area (TPSA) is 84.0 Å². The minimum Gasteiger partial charge on any atom is -0.356 e. The fraction of sp³-hybridized carbons (Fsp3) is 0.625. The van der Waals surface area contributed by atoms with Gasteiger partial charge in [-0.05, 0) is 56.1 Å². The minimum absolute atomic E-state index is 0.0524. The van der Waals surface area contributed by atoms with Gasteiger partial charge in [0, 0.05) is 19.0 Å². The Hall–Kier alpha value is -2.37. The highest BCUT2D eigenvalue weighted by atomic mass is 16.2. The van der Waals surface area contributed by atoms with Gasteiger partial charge >= 0.3 is 5.69 Å². The molecule has 1 atom stereocenters. The summed E-state index contributed by atoms with van der Waals surface area (Å²) in [6.45, 7) is 5.58. The van der Waals surface area contributed by atoms with Gasteiger partial charge in [-0.25, -0.2) is 4.79 Å². The molecule has 1 aromatic heterocycles. The van der Waals surface area contributed by atoms with Gasteiger partial charge in [-0.3, -0.25) is 14.2 Å². The molecule has 0 spiro atoms. The highest BCUT2D eigenvalue weighted by Gasteiger charge is 2.27. The van der Waals surface area contributed by atoms with Crippen LogP contribution in [0, 0.1) is 17.8 Å². The fourth-order valence-electron chi connectivity index (χ4n) is 4.56. The largest absolute Gasteiger partial charge is 0.356 e. The molecule has 0 saturated heterocycles. The molecule has 6 heteroatoms. The number of unbranched alkanes of at least 4 members (excludes halogenated alkanes) is 1. The summed E-state index contributed by atoms with van der Waals surface area (Å²) < 4.78 is 1.33. The summed E-state index contributed by atoms with van der Waals surface area (Å²) in [5.41, 5.74) is -0.00314. The van der Waals surface area contributed by atoms with Crippen molar-refractivity contribution in [3.63, 3.8) is 0 Å². The number of fused-ring (bicyclic) bond motifs is 1. The van der Waals surface area contributed by atoms with E-state index in [1.165, 1.54) is 23.8 Å². The van der Waals surface area contributed by atoms with Crippen molar-refractivity contribution in [1.82, 2.24) is 14.9 Å². The maximum atomic E-state index is 12.7. The fourth-order valence-corrected chi connectivity index (χ4v) is 4.56. The Bertz CT molecular complexity index is 954. The van der Waals surface area contributed by atoms with E-state index >= 15 is 0 Å². The first kappa shape index (κ1) is 22.3. The Balaban J connectivity index is 1.54. The van der Waals surface area contributed by atoms with Gasteiger partial charge in [0.15, 0.2) is 0 Å². The van der Waals surface area contributed by atoms with Gasteiger partial charge in [0.1, 0.15) is 0 Å². The smallest absolute Gasteiger partial charge is 0.328 e. The molecule has 1 aliphatic rings. The van der Waals surface area contributed by atoms with Crippen LogP contribution in [-0.2, 0) is 11.3 Å². The van der Waals surface area contributed by atoms with Gasteiger partial charge in [0.2, 0.25) is 5.91 Å². The lowest BCUT2D eigenvalue weighted by atomic mass is 9.81. The Kier molecular flexibility index (Phi) is 7.88. The number of benzene rings is 1. The number of carbonyl (C=O) groups is 1. The molecule has 1 saturated carbocycles. The van der Waals surface area contributed by atoms with Crippen molar-refractivity contribution < 1.29 is 4.79 Å². The second-order valence-corrected chi connectivity index (χ2v) is 8.77. The summed E-state index contributed by atoms with van der Waals surface area (Å²) in [6.07, 6.45) is 8.06. The van der Waals surface area contributed by atoms with E-state index in [0.29, 0.717) is 23.4 Å². The molecule has 0 unspecified atom stereocenters. The maximum absolute atomic E-state index is 12.7. The molecule has 1 amide bonds. The number of hydrogen-bond acceptors (Lipinski definition) is 3. The van der Waals surface area contributed by atoms with Crippen LogP contribution in [0.3, 0.4) is 0 Å². The standard InChI is InChI=1S/C24H35N3O3/c1-3-5-8-17(4-2)15-25-22(28)19-13-11-18(12-14-19)16-27-23(29)20-9-6-7-10-21(20)26-24(27)30/h6-7,9-10,17-19H,3-5,8,11-16H2,1-2H3,(H,25,28)(H,26,30)/t17-,18?,19?/m1/s1.